The van der Waals surface area contributed by atoms with E-state index in [-0.39, 0.29) is 22.8 Å². The molecule has 4 aromatic rings. The van der Waals surface area contributed by atoms with Gasteiger partial charge in [0.15, 0.2) is 15.6 Å². The van der Waals surface area contributed by atoms with E-state index < -0.39 is 21.6 Å². The normalized spacial score (nSPS) is 11.7. The van der Waals surface area contributed by atoms with Crippen LogP contribution in [0.5, 0.6) is 5.75 Å². The highest BCUT2D eigenvalue weighted by atomic mass is 35.5. The number of carbonyl (C=O) groups is 1. The Morgan fingerprint density at radius 2 is 1.97 bits per heavy atom. The van der Waals surface area contributed by atoms with Crippen molar-refractivity contribution in [3.63, 3.8) is 0 Å². The van der Waals surface area contributed by atoms with Gasteiger partial charge in [0.25, 0.3) is 5.56 Å². The van der Waals surface area contributed by atoms with E-state index in [0.717, 1.165) is 6.26 Å². The predicted octanol–water partition coefficient (Wildman–Crippen LogP) is 4.27. The molecule has 0 bridgehead atoms. The van der Waals surface area contributed by atoms with Crippen LogP contribution < -0.4 is 10.3 Å². The zero-order valence-electron chi connectivity index (χ0n) is 16.5. The Bertz CT molecular complexity index is 1500. The summed E-state index contributed by atoms with van der Waals surface area (Å²) in [6.07, 6.45) is 1.63. The number of hydrogen-bond donors (Lipinski definition) is 2. The van der Waals surface area contributed by atoms with Gasteiger partial charge < -0.3 is 19.4 Å². The van der Waals surface area contributed by atoms with Crippen molar-refractivity contribution < 1.29 is 22.7 Å². The third kappa shape index (κ3) is 3.89. The molecule has 0 aliphatic carbocycles. The summed E-state index contributed by atoms with van der Waals surface area (Å²) in [5.41, 5.74) is 1.36. The SMILES string of the molecule is CCOC(=O)Oc1c[nH]c2c(=O)[nH]c3cc(Cl)c(-c4cccc(S(C)(=O)=O)c4)cc3c12. The molecule has 2 N–H and O–H groups in total. The van der Waals surface area contributed by atoms with E-state index >= 15 is 0 Å². The molecule has 10 heteroatoms. The number of carbonyl (C=O) groups excluding carboxylic acids is 1. The highest BCUT2D eigenvalue weighted by Gasteiger charge is 2.18. The first-order valence-electron chi connectivity index (χ1n) is 9.20. The van der Waals surface area contributed by atoms with Gasteiger partial charge in [-0.15, -0.1) is 0 Å². The quantitative estimate of drug-likeness (QED) is 0.439. The lowest BCUT2D eigenvalue weighted by atomic mass is 10.0. The lowest BCUT2D eigenvalue weighted by Crippen LogP contribution is -2.10. The van der Waals surface area contributed by atoms with Gasteiger partial charge in [0.05, 0.1) is 27.4 Å². The van der Waals surface area contributed by atoms with Gasteiger partial charge in [-0.1, -0.05) is 23.7 Å². The third-order valence-electron chi connectivity index (χ3n) is 4.72. The Kier molecular flexibility index (Phi) is 5.24. The number of halogens is 1. The van der Waals surface area contributed by atoms with Crippen molar-refractivity contribution in [2.45, 2.75) is 11.8 Å². The van der Waals surface area contributed by atoms with Crippen LogP contribution in [0.3, 0.4) is 0 Å². The van der Waals surface area contributed by atoms with E-state index in [4.69, 9.17) is 21.1 Å². The lowest BCUT2D eigenvalue weighted by molar-refractivity contribution is 0.105. The molecule has 0 spiro atoms. The largest absolute Gasteiger partial charge is 0.513 e. The van der Waals surface area contributed by atoms with Crippen LogP contribution in [0, 0.1) is 0 Å². The molecule has 0 saturated carbocycles. The number of fused-ring (bicyclic) bond motifs is 3. The van der Waals surface area contributed by atoms with Gasteiger partial charge in [0.2, 0.25) is 0 Å². The molecule has 4 rings (SSSR count). The Balaban J connectivity index is 1.98. The van der Waals surface area contributed by atoms with Gasteiger partial charge in [-0.05, 0) is 36.8 Å². The molecule has 0 radical (unpaired) electrons. The van der Waals surface area contributed by atoms with Gasteiger partial charge in [-0.25, -0.2) is 13.2 Å². The fraction of sp³-hybridized carbons (Fsp3) is 0.143. The molecular weight excluding hydrogens is 444 g/mol. The van der Waals surface area contributed by atoms with E-state index in [1.807, 2.05) is 0 Å². The molecule has 0 amide bonds. The Morgan fingerprint density at radius 1 is 1.19 bits per heavy atom. The topological polar surface area (TPSA) is 118 Å². The smallest absolute Gasteiger partial charge is 0.434 e. The second kappa shape index (κ2) is 7.75. The van der Waals surface area contributed by atoms with Crippen LogP contribution in [0.1, 0.15) is 6.92 Å². The first-order valence-corrected chi connectivity index (χ1v) is 11.5. The fourth-order valence-corrected chi connectivity index (χ4v) is 4.29. The molecule has 0 fully saturated rings. The van der Waals surface area contributed by atoms with Crippen molar-refractivity contribution >= 4 is 49.4 Å². The molecule has 2 heterocycles. The zero-order chi connectivity index (χ0) is 22.3. The molecule has 2 aromatic carbocycles. The molecule has 0 saturated heterocycles. The van der Waals surface area contributed by atoms with Crippen LogP contribution in [0.4, 0.5) is 4.79 Å². The Morgan fingerprint density at radius 3 is 2.68 bits per heavy atom. The maximum Gasteiger partial charge on any atom is 0.513 e. The van der Waals surface area contributed by atoms with Crippen LogP contribution in [0.25, 0.3) is 32.9 Å². The Labute approximate surface area is 181 Å². The minimum atomic E-state index is -3.41. The van der Waals surface area contributed by atoms with Gasteiger partial charge in [-0.3, -0.25) is 4.79 Å². The summed E-state index contributed by atoms with van der Waals surface area (Å²) in [4.78, 5) is 30.0. The standard InChI is InChI=1S/C21H17ClN2O6S/c1-3-29-21(26)30-17-10-23-19-18(17)14-8-13(15(22)9-16(14)24-20(19)25)11-5-4-6-12(7-11)31(2,27)28/h4-10,23H,3H2,1-2H3,(H,24,25). The van der Waals surface area contributed by atoms with Crippen LogP contribution >= 0.6 is 11.6 Å². The number of nitrogens with one attached hydrogen (secondary N) is 2. The fourth-order valence-electron chi connectivity index (χ4n) is 3.35. The van der Waals surface area contributed by atoms with Crippen molar-refractivity contribution in [3.05, 3.63) is 58.0 Å². The van der Waals surface area contributed by atoms with Crippen molar-refractivity contribution in [3.8, 4) is 16.9 Å². The number of ether oxygens (including phenoxy) is 2. The number of benzene rings is 2. The van der Waals surface area contributed by atoms with Gasteiger partial charge in [-0.2, -0.15) is 0 Å². The second-order valence-electron chi connectivity index (χ2n) is 6.82. The highest BCUT2D eigenvalue weighted by Crippen LogP contribution is 2.37. The summed E-state index contributed by atoms with van der Waals surface area (Å²) >= 11 is 6.46. The van der Waals surface area contributed by atoms with Crippen molar-refractivity contribution in [2.24, 2.45) is 0 Å². The van der Waals surface area contributed by atoms with Gasteiger partial charge in [0.1, 0.15) is 5.52 Å². The average molecular weight is 461 g/mol. The summed E-state index contributed by atoms with van der Waals surface area (Å²) in [5.74, 6) is 0.128. The molecule has 0 aliphatic heterocycles. The van der Waals surface area contributed by atoms with Gasteiger partial charge in [0, 0.05) is 23.4 Å². The molecule has 2 aromatic heterocycles. The number of aromatic nitrogens is 2. The maximum absolute atomic E-state index is 12.5. The van der Waals surface area contributed by atoms with E-state index in [1.54, 1.807) is 31.2 Å². The number of rotatable bonds is 4. The average Bonchev–Trinajstić information content (AvgIpc) is 3.12. The molecule has 0 aliphatic rings. The van der Waals surface area contributed by atoms with Crippen LogP contribution in [0.2, 0.25) is 5.02 Å². The molecule has 0 unspecified atom stereocenters. The summed E-state index contributed by atoms with van der Waals surface area (Å²) in [6.45, 7) is 1.79. The third-order valence-corrected chi connectivity index (χ3v) is 6.15. The number of sulfone groups is 1. The molecule has 8 nitrogen and oxygen atoms in total. The summed E-state index contributed by atoms with van der Waals surface area (Å²) in [7, 11) is -3.41. The van der Waals surface area contributed by atoms with Crippen LogP contribution in [-0.2, 0) is 14.6 Å². The van der Waals surface area contributed by atoms with Gasteiger partial charge >= 0.3 is 6.16 Å². The number of pyridine rings is 1. The minimum Gasteiger partial charge on any atom is -0.434 e. The molecule has 31 heavy (non-hydrogen) atoms. The van der Waals surface area contributed by atoms with Crippen molar-refractivity contribution in [2.75, 3.05) is 12.9 Å². The van der Waals surface area contributed by atoms with Crippen LogP contribution in [0.15, 0.2) is 52.3 Å². The molecule has 160 valence electrons. The lowest BCUT2D eigenvalue weighted by Gasteiger charge is -2.10. The predicted molar refractivity (Wildman–Crippen MR) is 118 cm³/mol. The first-order chi connectivity index (χ1) is 14.7. The summed E-state index contributed by atoms with van der Waals surface area (Å²) < 4.78 is 34.0. The molecular formula is C21H17ClN2O6S. The number of aromatic amines is 2. The number of H-pyrrole nitrogens is 2. The molecule has 0 atom stereocenters. The second-order valence-corrected chi connectivity index (χ2v) is 9.24. The number of hydrogen-bond acceptors (Lipinski definition) is 6. The summed E-state index contributed by atoms with van der Waals surface area (Å²) in [6, 6.07) is 9.67. The van der Waals surface area contributed by atoms with E-state index in [1.165, 1.54) is 18.3 Å². The van der Waals surface area contributed by atoms with Crippen molar-refractivity contribution in [1.82, 2.24) is 9.97 Å². The Hall–Kier alpha value is -3.30. The monoisotopic (exact) mass is 460 g/mol. The minimum absolute atomic E-state index is 0.128. The van der Waals surface area contributed by atoms with Crippen molar-refractivity contribution in [1.29, 1.82) is 0 Å². The maximum atomic E-state index is 12.5. The van der Waals surface area contributed by atoms with E-state index in [2.05, 4.69) is 9.97 Å². The first kappa shape index (κ1) is 21.0. The van der Waals surface area contributed by atoms with Crippen LogP contribution in [-0.4, -0.2) is 37.4 Å². The highest BCUT2D eigenvalue weighted by molar-refractivity contribution is 7.90. The zero-order valence-corrected chi connectivity index (χ0v) is 18.1. The summed E-state index contributed by atoms with van der Waals surface area (Å²) in [5, 5.41) is 1.25. The van der Waals surface area contributed by atoms with E-state index in [9.17, 15) is 18.0 Å². The van der Waals surface area contributed by atoms with E-state index in [0.29, 0.717) is 32.4 Å².